The van der Waals surface area contributed by atoms with Crippen molar-refractivity contribution in [1.29, 1.82) is 0 Å². The Bertz CT molecular complexity index is 1170. The summed E-state index contributed by atoms with van der Waals surface area (Å²) in [5.74, 6) is 0.0338. The van der Waals surface area contributed by atoms with Crippen molar-refractivity contribution >= 4 is 34.4 Å². The zero-order valence-corrected chi connectivity index (χ0v) is 19.7. The molecule has 0 unspecified atom stereocenters. The summed E-state index contributed by atoms with van der Waals surface area (Å²) in [4.78, 5) is 12.2. The number of nitrogens with one attached hydrogen (secondary N) is 2. The van der Waals surface area contributed by atoms with Gasteiger partial charge in [-0.05, 0) is 38.4 Å². The Hall–Kier alpha value is -3.80. The fourth-order valence-electron chi connectivity index (χ4n) is 3.22. The number of nitrogens with zero attached hydrogens (tertiary/aromatic N) is 4. The number of likely N-dealkylation sites (N-methyl/N-ethyl adjacent to an activating group) is 2. The summed E-state index contributed by atoms with van der Waals surface area (Å²) in [5.41, 5.74) is 6.74. The molecule has 12 heteroatoms. The zero-order valence-electron chi connectivity index (χ0n) is 19.7. The van der Waals surface area contributed by atoms with Crippen molar-refractivity contribution in [3.63, 3.8) is 0 Å². The van der Waals surface area contributed by atoms with E-state index in [9.17, 15) is 17.6 Å². The van der Waals surface area contributed by atoms with E-state index >= 15 is 0 Å². The van der Waals surface area contributed by atoms with Crippen LogP contribution in [-0.4, -0.2) is 56.2 Å². The predicted octanol–water partition coefficient (Wildman–Crippen LogP) is 4.71. The fraction of sp³-hybridized carbons (Fsp3) is 0.304. The van der Waals surface area contributed by atoms with Crippen molar-refractivity contribution in [2.75, 3.05) is 62.6 Å². The third kappa shape index (κ3) is 6.63. The van der Waals surface area contributed by atoms with E-state index in [1.165, 1.54) is 19.5 Å². The fourth-order valence-corrected chi connectivity index (χ4v) is 3.22. The molecular weight excluding hydrogens is 466 g/mol. The second-order valence-electron chi connectivity index (χ2n) is 8.07. The highest BCUT2D eigenvalue weighted by atomic mass is 19.4. The first-order valence-electron chi connectivity index (χ1n) is 10.5. The molecule has 0 saturated carbocycles. The molecule has 8 nitrogen and oxygen atoms in total. The number of anilines is 6. The van der Waals surface area contributed by atoms with Crippen LogP contribution in [0, 0.1) is 5.82 Å². The molecule has 2 aromatic carbocycles. The first-order chi connectivity index (χ1) is 16.5. The maximum absolute atomic E-state index is 14.1. The van der Waals surface area contributed by atoms with Gasteiger partial charge in [0.2, 0.25) is 0 Å². The monoisotopic (exact) mass is 493 g/mol. The molecule has 1 heterocycles. The summed E-state index contributed by atoms with van der Waals surface area (Å²) >= 11 is 0. The van der Waals surface area contributed by atoms with Gasteiger partial charge in [-0.25, -0.2) is 14.4 Å². The molecule has 35 heavy (non-hydrogen) atoms. The Balaban J connectivity index is 1.83. The van der Waals surface area contributed by atoms with E-state index in [4.69, 9.17) is 10.5 Å². The molecule has 0 fully saturated rings. The molecule has 4 N–H and O–H groups in total. The molecule has 0 radical (unpaired) electrons. The molecule has 0 atom stereocenters. The van der Waals surface area contributed by atoms with Gasteiger partial charge in [-0.15, -0.1) is 0 Å². The number of aromatic nitrogens is 2. The van der Waals surface area contributed by atoms with E-state index in [1.54, 1.807) is 12.1 Å². The maximum Gasteiger partial charge on any atom is 0.416 e. The predicted molar refractivity (Wildman–Crippen MR) is 129 cm³/mol. The van der Waals surface area contributed by atoms with Gasteiger partial charge in [-0.1, -0.05) is 0 Å². The van der Waals surface area contributed by atoms with Crippen LogP contribution in [0.15, 0.2) is 42.7 Å². The van der Waals surface area contributed by atoms with Crippen LogP contribution in [0.2, 0.25) is 0 Å². The van der Waals surface area contributed by atoms with Crippen LogP contribution in [0.3, 0.4) is 0 Å². The van der Waals surface area contributed by atoms with Crippen LogP contribution in [0.1, 0.15) is 5.56 Å². The van der Waals surface area contributed by atoms with Gasteiger partial charge in [0.1, 0.15) is 29.5 Å². The van der Waals surface area contributed by atoms with Crippen LogP contribution in [0.25, 0.3) is 0 Å². The number of alkyl halides is 3. The SMILES string of the molecule is COc1cc(N(C)CCN(C)C)c(N)cc1Nc1cc(Nc2cc(C(F)(F)F)ccc2F)ncn1. The van der Waals surface area contributed by atoms with E-state index in [0.717, 1.165) is 24.8 Å². The number of benzene rings is 2. The second-order valence-corrected chi connectivity index (χ2v) is 8.07. The molecule has 0 bridgehead atoms. The maximum atomic E-state index is 14.1. The third-order valence-corrected chi connectivity index (χ3v) is 5.13. The lowest BCUT2D eigenvalue weighted by atomic mass is 10.2. The van der Waals surface area contributed by atoms with Gasteiger partial charge in [0, 0.05) is 32.3 Å². The highest BCUT2D eigenvalue weighted by Crippen LogP contribution is 2.37. The number of rotatable bonds is 9. The van der Waals surface area contributed by atoms with Crippen molar-refractivity contribution < 1.29 is 22.3 Å². The van der Waals surface area contributed by atoms with Gasteiger partial charge in [-0.2, -0.15) is 13.2 Å². The summed E-state index contributed by atoms with van der Waals surface area (Å²) in [7, 11) is 7.41. The van der Waals surface area contributed by atoms with Crippen molar-refractivity contribution in [3.8, 4) is 5.75 Å². The molecule has 0 saturated heterocycles. The quantitative estimate of drug-likeness (QED) is 0.292. The number of nitrogens with two attached hydrogens (primary N) is 1. The summed E-state index contributed by atoms with van der Waals surface area (Å²) < 4.78 is 58.6. The molecule has 188 valence electrons. The Morgan fingerprint density at radius 3 is 2.20 bits per heavy atom. The van der Waals surface area contributed by atoms with Crippen LogP contribution in [0.5, 0.6) is 5.75 Å². The smallest absolute Gasteiger partial charge is 0.416 e. The zero-order chi connectivity index (χ0) is 25.8. The summed E-state index contributed by atoms with van der Waals surface area (Å²) in [6.07, 6.45) is -3.42. The number of ether oxygens (including phenoxy) is 1. The highest BCUT2D eigenvalue weighted by molar-refractivity contribution is 5.79. The first-order valence-corrected chi connectivity index (χ1v) is 10.5. The van der Waals surface area contributed by atoms with Crippen molar-refractivity contribution in [3.05, 3.63) is 54.1 Å². The van der Waals surface area contributed by atoms with Crippen LogP contribution >= 0.6 is 0 Å². The first kappa shape index (κ1) is 25.8. The van der Waals surface area contributed by atoms with Crippen LogP contribution < -0.4 is 26.0 Å². The Morgan fingerprint density at radius 1 is 0.943 bits per heavy atom. The summed E-state index contributed by atoms with van der Waals surface area (Å²) in [6.45, 7) is 1.58. The summed E-state index contributed by atoms with van der Waals surface area (Å²) in [5, 5.41) is 5.63. The molecule has 0 spiro atoms. The van der Waals surface area contributed by atoms with Gasteiger partial charge in [0.25, 0.3) is 0 Å². The van der Waals surface area contributed by atoms with E-state index in [0.29, 0.717) is 35.1 Å². The van der Waals surface area contributed by atoms with E-state index < -0.39 is 17.6 Å². The van der Waals surface area contributed by atoms with Gasteiger partial charge in [-0.3, -0.25) is 0 Å². The Morgan fingerprint density at radius 2 is 1.60 bits per heavy atom. The van der Waals surface area contributed by atoms with Gasteiger partial charge < -0.3 is 30.9 Å². The molecule has 0 amide bonds. The highest BCUT2D eigenvalue weighted by Gasteiger charge is 2.31. The molecule has 0 aliphatic heterocycles. The van der Waals surface area contributed by atoms with E-state index in [-0.39, 0.29) is 11.5 Å². The average Bonchev–Trinajstić information content (AvgIpc) is 2.78. The normalized spacial score (nSPS) is 11.5. The minimum atomic E-state index is -4.61. The van der Waals surface area contributed by atoms with Crippen molar-refractivity contribution in [2.45, 2.75) is 6.18 Å². The van der Waals surface area contributed by atoms with Gasteiger partial charge in [0.05, 0.1) is 35.4 Å². The molecule has 0 aliphatic rings. The topological polar surface area (TPSA) is 91.6 Å². The Kier molecular flexibility index (Phi) is 7.85. The van der Waals surface area contributed by atoms with Crippen molar-refractivity contribution in [2.24, 2.45) is 0 Å². The molecular formula is C23H27F4N7O. The number of methoxy groups -OCH3 is 1. The number of hydrogen-bond acceptors (Lipinski definition) is 8. The van der Waals surface area contributed by atoms with E-state index in [1.807, 2.05) is 26.0 Å². The van der Waals surface area contributed by atoms with Crippen LogP contribution in [0.4, 0.5) is 51.9 Å². The molecule has 1 aromatic heterocycles. The molecule has 3 rings (SSSR count). The lowest BCUT2D eigenvalue weighted by Gasteiger charge is -2.24. The third-order valence-electron chi connectivity index (χ3n) is 5.13. The number of halogens is 4. The minimum absolute atomic E-state index is 0.0905. The molecule has 3 aromatic rings. The molecule has 0 aliphatic carbocycles. The lowest BCUT2D eigenvalue weighted by Crippen LogP contribution is -2.29. The Labute approximate surface area is 200 Å². The van der Waals surface area contributed by atoms with E-state index in [2.05, 4.69) is 25.5 Å². The van der Waals surface area contributed by atoms with Crippen LogP contribution in [-0.2, 0) is 6.18 Å². The second kappa shape index (κ2) is 10.6. The number of hydrogen-bond donors (Lipinski definition) is 3. The average molecular weight is 494 g/mol. The lowest BCUT2D eigenvalue weighted by molar-refractivity contribution is -0.137. The minimum Gasteiger partial charge on any atom is -0.494 e. The number of nitrogen functional groups attached to an aromatic ring is 1. The standard InChI is InChI=1S/C23H27F4N7O/c1-33(2)7-8-34(3)19-11-20(35-4)18(10-16(19)28)32-22-12-21(29-13-30-22)31-17-9-14(23(25,26)27)5-6-15(17)24/h5-6,9-13H,7-8,28H2,1-4H3,(H2,29,30,31,32). The van der Waals surface area contributed by atoms with Gasteiger partial charge >= 0.3 is 6.18 Å². The van der Waals surface area contributed by atoms with Crippen molar-refractivity contribution in [1.82, 2.24) is 14.9 Å². The largest absolute Gasteiger partial charge is 0.494 e. The van der Waals surface area contributed by atoms with Gasteiger partial charge in [0.15, 0.2) is 0 Å². The summed E-state index contributed by atoms with van der Waals surface area (Å²) in [6, 6.07) is 7.02.